The Morgan fingerprint density at radius 1 is 1.14 bits per heavy atom. The highest BCUT2D eigenvalue weighted by molar-refractivity contribution is 6.33. The van der Waals surface area contributed by atoms with Crippen molar-refractivity contribution in [2.24, 2.45) is 5.92 Å². The molecule has 1 saturated heterocycles. The van der Waals surface area contributed by atoms with Crippen LogP contribution in [-0.2, 0) is 17.9 Å². The molecule has 0 aliphatic carbocycles. The molecular formula is C28H32Cl2N4O3. The van der Waals surface area contributed by atoms with E-state index in [1.807, 2.05) is 49.4 Å². The quantitative estimate of drug-likeness (QED) is 0.355. The Morgan fingerprint density at radius 2 is 1.92 bits per heavy atom. The SMILES string of the molecule is CCCn1cc(Cl)c(C(=O)N2CC[C@H](Oc3cccc(Cl)c3)[C@@H](CC(=O)N(C)Cc3ccccc3)C2)n1. The molecule has 37 heavy (non-hydrogen) atoms. The predicted octanol–water partition coefficient (Wildman–Crippen LogP) is 5.56. The number of aromatic nitrogens is 2. The monoisotopic (exact) mass is 542 g/mol. The number of aryl methyl sites for hydroxylation is 1. The molecule has 0 N–H and O–H groups in total. The summed E-state index contributed by atoms with van der Waals surface area (Å²) in [4.78, 5) is 30.1. The van der Waals surface area contributed by atoms with E-state index < -0.39 is 0 Å². The summed E-state index contributed by atoms with van der Waals surface area (Å²) < 4.78 is 8.00. The first kappa shape index (κ1) is 27.0. The van der Waals surface area contributed by atoms with E-state index in [1.165, 1.54) is 0 Å². The molecule has 9 heteroatoms. The Kier molecular flexibility index (Phi) is 9.11. The van der Waals surface area contributed by atoms with E-state index in [0.717, 1.165) is 12.0 Å². The maximum Gasteiger partial charge on any atom is 0.275 e. The Labute approximate surface area is 227 Å². The highest BCUT2D eigenvalue weighted by atomic mass is 35.5. The van der Waals surface area contributed by atoms with Crippen molar-refractivity contribution < 1.29 is 14.3 Å². The van der Waals surface area contributed by atoms with Gasteiger partial charge in [0.1, 0.15) is 11.9 Å². The van der Waals surface area contributed by atoms with E-state index in [-0.39, 0.29) is 36.0 Å². The molecule has 196 valence electrons. The highest BCUT2D eigenvalue weighted by Gasteiger charge is 2.36. The largest absolute Gasteiger partial charge is 0.490 e. The molecule has 0 spiro atoms. The number of ether oxygens (including phenoxy) is 1. The lowest BCUT2D eigenvalue weighted by Crippen LogP contribution is -2.49. The van der Waals surface area contributed by atoms with Crippen molar-refractivity contribution in [1.82, 2.24) is 19.6 Å². The molecular weight excluding hydrogens is 511 g/mol. The first-order chi connectivity index (χ1) is 17.8. The van der Waals surface area contributed by atoms with Crippen molar-refractivity contribution in [3.05, 3.63) is 82.1 Å². The van der Waals surface area contributed by atoms with Crippen molar-refractivity contribution in [1.29, 1.82) is 0 Å². The number of hydrogen-bond acceptors (Lipinski definition) is 4. The average molecular weight is 543 g/mol. The van der Waals surface area contributed by atoms with Crippen LogP contribution in [0.15, 0.2) is 60.8 Å². The average Bonchev–Trinajstić information content (AvgIpc) is 3.25. The number of carbonyl (C=O) groups is 2. The van der Waals surface area contributed by atoms with Crippen LogP contribution in [0.25, 0.3) is 0 Å². The van der Waals surface area contributed by atoms with Gasteiger partial charge >= 0.3 is 0 Å². The van der Waals surface area contributed by atoms with E-state index in [4.69, 9.17) is 27.9 Å². The first-order valence-corrected chi connectivity index (χ1v) is 13.3. The van der Waals surface area contributed by atoms with E-state index in [0.29, 0.717) is 48.4 Å². The third-order valence-electron chi connectivity index (χ3n) is 6.53. The minimum Gasteiger partial charge on any atom is -0.490 e. The summed E-state index contributed by atoms with van der Waals surface area (Å²) in [6.07, 6.45) is 3.15. The second kappa shape index (κ2) is 12.5. The van der Waals surface area contributed by atoms with Gasteiger partial charge in [-0.15, -0.1) is 0 Å². The van der Waals surface area contributed by atoms with Crippen LogP contribution in [0.5, 0.6) is 5.75 Å². The van der Waals surface area contributed by atoms with Gasteiger partial charge in [-0.1, -0.05) is 66.5 Å². The van der Waals surface area contributed by atoms with Crippen molar-refractivity contribution in [3.63, 3.8) is 0 Å². The summed E-state index contributed by atoms with van der Waals surface area (Å²) in [6, 6.07) is 17.1. The molecule has 1 aliphatic rings. The number of carbonyl (C=O) groups excluding carboxylic acids is 2. The molecule has 1 aromatic heterocycles. The lowest BCUT2D eigenvalue weighted by atomic mass is 9.90. The first-order valence-electron chi connectivity index (χ1n) is 12.6. The van der Waals surface area contributed by atoms with Crippen molar-refractivity contribution >= 4 is 35.0 Å². The molecule has 1 fully saturated rings. The number of amides is 2. The highest BCUT2D eigenvalue weighted by Crippen LogP contribution is 2.29. The van der Waals surface area contributed by atoms with Gasteiger partial charge in [-0.3, -0.25) is 14.3 Å². The van der Waals surface area contributed by atoms with Crippen LogP contribution >= 0.6 is 23.2 Å². The van der Waals surface area contributed by atoms with E-state index in [9.17, 15) is 9.59 Å². The second-order valence-electron chi connectivity index (χ2n) is 9.44. The molecule has 0 saturated carbocycles. The molecule has 2 heterocycles. The summed E-state index contributed by atoms with van der Waals surface area (Å²) in [6.45, 7) is 4.09. The normalized spacial score (nSPS) is 17.5. The zero-order valence-electron chi connectivity index (χ0n) is 21.1. The lowest BCUT2D eigenvalue weighted by Gasteiger charge is -2.38. The van der Waals surface area contributed by atoms with E-state index in [2.05, 4.69) is 5.10 Å². The molecule has 0 radical (unpaired) electrons. The number of benzene rings is 2. The summed E-state index contributed by atoms with van der Waals surface area (Å²) in [7, 11) is 1.80. The number of nitrogens with zero attached hydrogens (tertiary/aromatic N) is 4. The van der Waals surface area contributed by atoms with Crippen LogP contribution in [-0.4, -0.2) is 57.6 Å². The molecule has 3 aromatic rings. The van der Waals surface area contributed by atoms with Gasteiger partial charge in [0.25, 0.3) is 5.91 Å². The molecule has 2 aromatic carbocycles. The molecule has 4 rings (SSSR count). The Hall–Kier alpha value is -3.03. The van der Waals surface area contributed by atoms with Crippen LogP contribution in [0.2, 0.25) is 10.0 Å². The van der Waals surface area contributed by atoms with Crippen molar-refractivity contribution in [3.8, 4) is 5.75 Å². The smallest absolute Gasteiger partial charge is 0.275 e. The zero-order valence-corrected chi connectivity index (χ0v) is 22.7. The third kappa shape index (κ3) is 7.05. The summed E-state index contributed by atoms with van der Waals surface area (Å²) in [5, 5.41) is 5.32. The minimum absolute atomic E-state index is 0.00639. The Bertz CT molecular complexity index is 1220. The summed E-state index contributed by atoms with van der Waals surface area (Å²) >= 11 is 12.5. The third-order valence-corrected chi connectivity index (χ3v) is 7.04. The number of likely N-dealkylation sites (tertiary alicyclic amines) is 1. The summed E-state index contributed by atoms with van der Waals surface area (Å²) in [5.74, 6) is 0.205. The molecule has 0 bridgehead atoms. The topological polar surface area (TPSA) is 67.7 Å². The minimum atomic E-state index is -0.246. The fraction of sp³-hybridized carbons (Fsp3) is 0.393. The van der Waals surface area contributed by atoms with Crippen LogP contribution < -0.4 is 4.74 Å². The van der Waals surface area contributed by atoms with Crippen LogP contribution in [0.4, 0.5) is 0 Å². The molecule has 1 aliphatic heterocycles. The van der Waals surface area contributed by atoms with Crippen LogP contribution in [0, 0.1) is 5.92 Å². The van der Waals surface area contributed by atoms with E-state index >= 15 is 0 Å². The lowest BCUT2D eigenvalue weighted by molar-refractivity contribution is -0.132. The predicted molar refractivity (Wildman–Crippen MR) is 145 cm³/mol. The Balaban J connectivity index is 1.50. The number of piperidine rings is 1. The van der Waals surface area contributed by atoms with Gasteiger partial charge in [-0.2, -0.15) is 5.10 Å². The standard InChI is InChI=1S/C28H32Cl2N4O3/c1-3-13-34-19-24(30)27(31-34)28(36)33-14-12-25(37-23-11-7-10-22(29)16-23)21(18-33)15-26(35)32(2)17-20-8-5-4-6-9-20/h4-11,16,19,21,25H,3,12-15,17-18H2,1-2H3/t21-,25-/m0/s1. The van der Waals surface area contributed by atoms with E-state index in [1.54, 1.807) is 39.9 Å². The fourth-order valence-corrected chi connectivity index (χ4v) is 5.03. The fourth-order valence-electron chi connectivity index (χ4n) is 4.62. The second-order valence-corrected chi connectivity index (χ2v) is 10.3. The van der Waals surface area contributed by atoms with Crippen LogP contribution in [0.3, 0.4) is 0 Å². The number of rotatable bonds is 9. The van der Waals surface area contributed by atoms with Gasteiger partial charge in [0.2, 0.25) is 5.91 Å². The van der Waals surface area contributed by atoms with Crippen molar-refractivity contribution in [2.75, 3.05) is 20.1 Å². The van der Waals surface area contributed by atoms with Gasteiger partial charge in [-0.25, -0.2) is 0 Å². The maximum atomic E-state index is 13.4. The summed E-state index contributed by atoms with van der Waals surface area (Å²) in [5.41, 5.74) is 1.30. The molecule has 7 nitrogen and oxygen atoms in total. The number of hydrogen-bond donors (Lipinski definition) is 0. The molecule has 2 atom stereocenters. The Morgan fingerprint density at radius 3 is 2.65 bits per heavy atom. The van der Waals surface area contributed by atoms with Gasteiger partial charge in [0, 0.05) is 63.2 Å². The maximum absolute atomic E-state index is 13.4. The van der Waals surface area contributed by atoms with Gasteiger partial charge in [0.05, 0.1) is 5.02 Å². The molecule has 0 unspecified atom stereocenters. The van der Waals surface area contributed by atoms with Gasteiger partial charge in [0.15, 0.2) is 5.69 Å². The van der Waals surface area contributed by atoms with Crippen molar-refractivity contribution in [2.45, 2.75) is 45.4 Å². The van der Waals surface area contributed by atoms with Crippen LogP contribution in [0.1, 0.15) is 42.2 Å². The number of halogens is 2. The van der Waals surface area contributed by atoms with Gasteiger partial charge in [-0.05, 0) is 30.2 Å². The zero-order chi connectivity index (χ0) is 26.4. The molecule has 2 amide bonds. The van der Waals surface area contributed by atoms with Gasteiger partial charge < -0.3 is 14.5 Å².